The van der Waals surface area contributed by atoms with E-state index in [1.54, 1.807) is 6.92 Å². The zero-order valence-electron chi connectivity index (χ0n) is 5.55. The molecule has 1 fully saturated rings. The Labute approximate surface area is 55.4 Å². The molecule has 1 rings (SSSR count). The fourth-order valence-corrected chi connectivity index (χ4v) is 1.09. The van der Waals surface area contributed by atoms with Crippen LogP contribution in [0.1, 0.15) is 19.8 Å². The van der Waals surface area contributed by atoms with Crippen molar-refractivity contribution in [3.8, 4) is 12.3 Å². The molecule has 0 aromatic heterocycles. The van der Waals surface area contributed by atoms with Crippen LogP contribution in [-0.4, -0.2) is 5.78 Å². The third-order valence-corrected chi connectivity index (χ3v) is 1.95. The van der Waals surface area contributed by atoms with Crippen LogP contribution in [0.4, 0.5) is 0 Å². The van der Waals surface area contributed by atoms with E-state index in [-0.39, 0.29) is 5.92 Å². The normalized spacial score (nSPS) is 32.4. The number of rotatable bonds is 1. The molecule has 0 amide bonds. The van der Waals surface area contributed by atoms with Gasteiger partial charge in [-0.3, -0.25) is 4.79 Å². The van der Waals surface area contributed by atoms with E-state index < -0.39 is 0 Å². The van der Waals surface area contributed by atoms with Crippen molar-refractivity contribution in [3.05, 3.63) is 0 Å². The summed E-state index contributed by atoms with van der Waals surface area (Å²) in [5.74, 6) is 3.60. The second kappa shape index (κ2) is 2.23. The first kappa shape index (κ1) is 6.35. The number of carbonyl (C=O) groups excluding carboxylic acids is 1. The number of terminal acetylenes is 1. The standard InChI is InChI=1S/C8H10O/c1-3-7-4-8(5-7)6(2)9/h1,7-8H,4-5H2,2H3. The van der Waals surface area contributed by atoms with E-state index in [9.17, 15) is 4.79 Å². The highest BCUT2D eigenvalue weighted by Crippen LogP contribution is 2.33. The van der Waals surface area contributed by atoms with Crippen molar-refractivity contribution in [2.24, 2.45) is 11.8 Å². The summed E-state index contributed by atoms with van der Waals surface area (Å²) in [4.78, 5) is 10.6. The molecule has 48 valence electrons. The average Bonchev–Trinajstić information content (AvgIpc) is 1.61. The van der Waals surface area contributed by atoms with Gasteiger partial charge in [0.1, 0.15) is 5.78 Å². The molecule has 0 saturated heterocycles. The number of ketones is 1. The van der Waals surface area contributed by atoms with Crippen LogP contribution in [0.3, 0.4) is 0 Å². The van der Waals surface area contributed by atoms with Crippen LogP contribution in [0.25, 0.3) is 0 Å². The van der Waals surface area contributed by atoms with Crippen LogP contribution in [-0.2, 0) is 4.79 Å². The van der Waals surface area contributed by atoms with Gasteiger partial charge < -0.3 is 0 Å². The molecule has 1 saturated carbocycles. The van der Waals surface area contributed by atoms with Crippen LogP contribution in [0.15, 0.2) is 0 Å². The zero-order valence-corrected chi connectivity index (χ0v) is 5.55. The van der Waals surface area contributed by atoms with Crippen molar-refractivity contribution in [2.75, 3.05) is 0 Å². The Morgan fingerprint density at radius 3 is 2.56 bits per heavy atom. The second-order valence-corrected chi connectivity index (χ2v) is 2.64. The first-order valence-corrected chi connectivity index (χ1v) is 3.20. The number of hydrogen-bond donors (Lipinski definition) is 0. The topological polar surface area (TPSA) is 17.1 Å². The molecular weight excluding hydrogens is 112 g/mol. The van der Waals surface area contributed by atoms with E-state index in [1.807, 2.05) is 0 Å². The van der Waals surface area contributed by atoms with Crippen molar-refractivity contribution >= 4 is 5.78 Å². The Bertz CT molecular complexity index is 158. The Hall–Kier alpha value is -0.770. The van der Waals surface area contributed by atoms with E-state index in [1.165, 1.54) is 0 Å². The number of carbonyl (C=O) groups is 1. The summed E-state index contributed by atoms with van der Waals surface area (Å²) < 4.78 is 0. The van der Waals surface area contributed by atoms with Crippen molar-refractivity contribution in [1.29, 1.82) is 0 Å². The van der Waals surface area contributed by atoms with E-state index in [0.717, 1.165) is 12.8 Å². The SMILES string of the molecule is C#CC1CC(C(C)=O)C1. The Morgan fingerprint density at radius 1 is 1.67 bits per heavy atom. The summed E-state index contributed by atoms with van der Waals surface area (Å²) in [6, 6.07) is 0. The lowest BCUT2D eigenvalue weighted by atomic mass is 9.74. The molecule has 0 heterocycles. The quantitative estimate of drug-likeness (QED) is 0.478. The number of Topliss-reactive ketones (excluding diaryl/α,β-unsaturated/α-hetero) is 1. The molecule has 0 aromatic carbocycles. The molecule has 0 aromatic rings. The third-order valence-electron chi connectivity index (χ3n) is 1.95. The molecule has 1 heteroatoms. The van der Waals surface area contributed by atoms with Gasteiger partial charge in [0, 0.05) is 11.8 Å². The zero-order chi connectivity index (χ0) is 6.85. The Balaban J connectivity index is 2.29. The van der Waals surface area contributed by atoms with Gasteiger partial charge in [-0.25, -0.2) is 0 Å². The van der Waals surface area contributed by atoms with Crippen molar-refractivity contribution < 1.29 is 4.79 Å². The van der Waals surface area contributed by atoms with E-state index in [2.05, 4.69) is 5.92 Å². The smallest absolute Gasteiger partial charge is 0.132 e. The molecule has 0 spiro atoms. The average molecular weight is 122 g/mol. The molecule has 0 atom stereocenters. The van der Waals surface area contributed by atoms with Gasteiger partial charge in [0.2, 0.25) is 0 Å². The molecule has 0 radical (unpaired) electrons. The third kappa shape index (κ3) is 1.13. The highest BCUT2D eigenvalue weighted by Gasteiger charge is 2.30. The van der Waals surface area contributed by atoms with Gasteiger partial charge >= 0.3 is 0 Å². The minimum Gasteiger partial charge on any atom is -0.300 e. The monoisotopic (exact) mass is 122 g/mol. The molecule has 1 aliphatic carbocycles. The molecule has 0 N–H and O–H groups in total. The maximum atomic E-state index is 10.6. The molecule has 1 nitrogen and oxygen atoms in total. The Kier molecular flexibility index (Phi) is 1.57. The molecule has 0 unspecified atom stereocenters. The molecular formula is C8H10O. The predicted molar refractivity (Wildman–Crippen MR) is 35.7 cm³/mol. The summed E-state index contributed by atoms with van der Waals surface area (Å²) in [6.45, 7) is 1.64. The van der Waals surface area contributed by atoms with Crippen LogP contribution >= 0.6 is 0 Å². The first-order chi connectivity index (χ1) is 4.24. The largest absolute Gasteiger partial charge is 0.300 e. The van der Waals surface area contributed by atoms with E-state index >= 15 is 0 Å². The van der Waals surface area contributed by atoms with E-state index in [4.69, 9.17) is 6.42 Å². The summed E-state index contributed by atoms with van der Waals surface area (Å²) in [5.41, 5.74) is 0. The van der Waals surface area contributed by atoms with Gasteiger partial charge in [-0.05, 0) is 19.8 Å². The van der Waals surface area contributed by atoms with E-state index in [0.29, 0.717) is 11.7 Å². The lowest BCUT2D eigenvalue weighted by molar-refractivity contribution is -0.123. The summed E-state index contributed by atoms with van der Waals surface area (Å²) in [7, 11) is 0. The first-order valence-electron chi connectivity index (χ1n) is 3.20. The summed E-state index contributed by atoms with van der Waals surface area (Å²) >= 11 is 0. The van der Waals surface area contributed by atoms with Crippen LogP contribution in [0.5, 0.6) is 0 Å². The van der Waals surface area contributed by atoms with Gasteiger partial charge in [-0.2, -0.15) is 0 Å². The summed E-state index contributed by atoms with van der Waals surface area (Å²) in [5, 5.41) is 0. The highest BCUT2D eigenvalue weighted by molar-refractivity contribution is 5.79. The van der Waals surface area contributed by atoms with Gasteiger partial charge in [-0.1, -0.05) is 0 Å². The van der Waals surface area contributed by atoms with Crippen molar-refractivity contribution in [2.45, 2.75) is 19.8 Å². The fraction of sp³-hybridized carbons (Fsp3) is 0.625. The second-order valence-electron chi connectivity index (χ2n) is 2.64. The lowest BCUT2D eigenvalue weighted by Gasteiger charge is -2.29. The minimum absolute atomic E-state index is 0.283. The summed E-state index contributed by atoms with van der Waals surface area (Å²) in [6.07, 6.45) is 6.98. The maximum absolute atomic E-state index is 10.6. The molecule has 9 heavy (non-hydrogen) atoms. The van der Waals surface area contributed by atoms with Gasteiger partial charge in [-0.15, -0.1) is 12.3 Å². The molecule has 1 aliphatic rings. The molecule has 0 aliphatic heterocycles. The van der Waals surface area contributed by atoms with Crippen LogP contribution < -0.4 is 0 Å². The fourth-order valence-electron chi connectivity index (χ4n) is 1.09. The number of hydrogen-bond acceptors (Lipinski definition) is 1. The maximum Gasteiger partial charge on any atom is 0.132 e. The van der Waals surface area contributed by atoms with Gasteiger partial charge in [0.15, 0.2) is 0 Å². The Morgan fingerprint density at radius 2 is 2.22 bits per heavy atom. The predicted octanol–water partition coefficient (Wildman–Crippen LogP) is 1.23. The molecule has 0 bridgehead atoms. The van der Waals surface area contributed by atoms with Crippen molar-refractivity contribution in [1.82, 2.24) is 0 Å². The van der Waals surface area contributed by atoms with Crippen LogP contribution in [0.2, 0.25) is 0 Å². The van der Waals surface area contributed by atoms with Crippen LogP contribution in [0, 0.1) is 24.2 Å². The van der Waals surface area contributed by atoms with Gasteiger partial charge in [0.25, 0.3) is 0 Å². The van der Waals surface area contributed by atoms with Crippen molar-refractivity contribution in [3.63, 3.8) is 0 Å². The highest BCUT2D eigenvalue weighted by atomic mass is 16.1. The lowest BCUT2D eigenvalue weighted by Crippen LogP contribution is -2.27. The van der Waals surface area contributed by atoms with Gasteiger partial charge in [0.05, 0.1) is 0 Å². The minimum atomic E-state index is 0.283.